The molecule has 1 amide bonds. The number of aromatic nitrogens is 2. The predicted molar refractivity (Wildman–Crippen MR) is 53.9 cm³/mol. The minimum Gasteiger partial charge on any atom is -0.477 e. The molecule has 0 atom stereocenters. The molecule has 0 aliphatic carbocycles. The van der Waals surface area contributed by atoms with Crippen molar-refractivity contribution in [3.63, 3.8) is 0 Å². The summed E-state index contributed by atoms with van der Waals surface area (Å²) in [4.78, 5) is 26.2. The second-order valence-electron chi connectivity index (χ2n) is 3.54. The highest BCUT2D eigenvalue weighted by molar-refractivity contribution is 6.36. The number of rotatable bonds is 3. The standard InChI is InChI=1S/C9H10N4O4/c1-5-10-7(17-12-5)4-13-8(14)3-2-6(11-13)9(15)16/h2-4H2,1H3,(H,15,16). The molecule has 2 rings (SSSR count). The van der Waals surface area contributed by atoms with Gasteiger partial charge in [-0.3, -0.25) is 4.79 Å². The van der Waals surface area contributed by atoms with Crippen molar-refractivity contribution in [2.75, 3.05) is 0 Å². The Morgan fingerprint density at radius 3 is 2.88 bits per heavy atom. The summed E-state index contributed by atoms with van der Waals surface area (Å²) in [6, 6.07) is 0. The van der Waals surface area contributed by atoms with Gasteiger partial charge in [0, 0.05) is 12.8 Å². The highest BCUT2D eigenvalue weighted by atomic mass is 16.5. The van der Waals surface area contributed by atoms with Gasteiger partial charge in [0.1, 0.15) is 12.3 Å². The maximum absolute atomic E-state index is 11.5. The Morgan fingerprint density at radius 2 is 2.29 bits per heavy atom. The van der Waals surface area contributed by atoms with Crippen LogP contribution in [0, 0.1) is 6.92 Å². The largest absolute Gasteiger partial charge is 0.477 e. The van der Waals surface area contributed by atoms with Crippen LogP contribution in [0.15, 0.2) is 9.62 Å². The number of nitrogens with zero attached hydrogens (tertiary/aromatic N) is 4. The molecule has 0 unspecified atom stereocenters. The molecule has 0 spiro atoms. The Hall–Kier alpha value is -2.25. The Morgan fingerprint density at radius 1 is 1.53 bits per heavy atom. The van der Waals surface area contributed by atoms with E-state index in [1.165, 1.54) is 0 Å². The average molecular weight is 238 g/mol. The van der Waals surface area contributed by atoms with Gasteiger partial charge in [-0.2, -0.15) is 10.1 Å². The molecular formula is C9H10N4O4. The lowest BCUT2D eigenvalue weighted by molar-refractivity contribution is -0.133. The first kappa shape index (κ1) is 11.2. The van der Waals surface area contributed by atoms with E-state index in [0.29, 0.717) is 5.82 Å². The van der Waals surface area contributed by atoms with Gasteiger partial charge in [0.05, 0.1) is 0 Å². The zero-order chi connectivity index (χ0) is 12.4. The smallest absolute Gasteiger partial charge is 0.352 e. The Balaban J connectivity index is 2.15. The molecule has 1 aromatic heterocycles. The number of carboxylic acids is 1. The Bertz CT molecular complexity index is 493. The topological polar surface area (TPSA) is 109 Å². The van der Waals surface area contributed by atoms with Gasteiger partial charge in [-0.15, -0.1) is 0 Å². The molecule has 0 saturated carbocycles. The van der Waals surface area contributed by atoms with Crippen LogP contribution in [-0.4, -0.2) is 37.8 Å². The van der Waals surface area contributed by atoms with Gasteiger partial charge in [0.2, 0.25) is 11.8 Å². The number of carboxylic acid groups (broad SMARTS) is 1. The van der Waals surface area contributed by atoms with Gasteiger partial charge in [-0.05, 0) is 6.92 Å². The second kappa shape index (κ2) is 4.32. The molecule has 0 bridgehead atoms. The summed E-state index contributed by atoms with van der Waals surface area (Å²) in [7, 11) is 0. The second-order valence-corrected chi connectivity index (χ2v) is 3.54. The molecule has 0 fully saturated rings. The number of hydrazone groups is 1. The minimum atomic E-state index is -1.12. The van der Waals surface area contributed by atoms with Crippen LogP contribution in [0.5, 0.6) is 0 Å². The SMILES string of the molecule is Cc1noc(CN2N=C(C(=O)O)CCC2=O)n1. The fourth-order valence-corrected chi connectivity index (χ4v) is 1.41. The van der Waals surface area contributed by atoms with E-state index in [9.17, 15) is 9.59 Å². The summed E-state index contributed by atoms with van der Waals surface area (Å²) < 4.78 is 4.84. The van der Waals surface area contributed by atoms with Gasteiger partial charge in [-0.1, -0.05) is 5.16 Å². The van der Waals surface area contributed by atoms with Crippen LogP contribution in [0.2, 0.25) is 0 Å². The third kappa shape index (κ3) is 2.47. The molecule has 0 aromatic carbocycles. The number of amides is 1. The number of hydrogen-bond donors (Lipinski definition) is 1. The van der Waals surface area contributed by atoms with Gasteiger partial charge in [-0.25, -0.2) is 9.80 Å². The van der Waals surface area contributed by atoms with Crippen LogP contribution >= 0.6 is 0 Å². The van der Waals surface area contributed by atoms with Crippen LogP contribution in [0.3, 0.4) is 0 Å². The molecule has 1 N–H and O–H groups in total. The zero-order valence-corrected chi connectivity index (χ0v) is 9.08. The lowest BCUT2D eigenvalue weighted by Gasteiger charge is -2.20. The maximum atomic E-state index is 11.5. The van der Waals surface area contributed by atoms with E-state index in [2.05, 4.69) is 15.2 Å². The first-order valence-electron chi connectivity index (χ1n) is 4.96. The molecule has 2 heterocycles. The lowest BCUT2D eigenvalue weighted by atomic mass is 10.2. The summed E-state index contributed by atoms with van der Waals surface area (Å²) in [6.45, 7) is 1.65. The lowest BCUT2D eigenvalue weighted by Crippen LogP contribution is -2.33. The van der Waals surface area contributed by atoms with Crippen molar-refractivity contribution in [1.29, 1.82) is 0 Å². The molecule has 90 valence electrons. The fourth-order valence-electron chi connectivity index (χ4n) is 1.41. The predicted octanol–water partition coefficient (Wildman–Crippen LogP) is -0.0590. The molecule has 17 heavy (non-hydrogen) atoms. The summed E-state index contributed by atoms with van der Waals surface area (Å²) in [6.07, 6.45) is 0.270. The average Bonchev–Trinajstić information content (AvgIpc) is 2.67. The van der Waals surface area contributed by atoms with Crippen LogP contribution in [0.4, 0.5) is 0 Å². The molecular weight excluding hydrogens is 228 g/mol. The van der Waals surface area contributed by atoms with Crippen molar-refractivity contribution in [3.8, 4) is 0 Å². The van der Waals surface area contributed by atoms with E-state index < -0.39 is 5.97 Å². The molecule has 1 aliphatic heterocycles. The molecule has 1 aromatic rings. The molecule has 0 saturated heterocycles. The highest BCUT2D eigenvalue weighted by Gasteiger charge is 2.25. The van der Waals surface area contributed by atoms with E-state index in [1.54, 1.807) is 6.92 Å². The number of hydrogen-bond acceptors (Lipinski definition) is 6. The number of carbonyl (C=O) groups is 2. The van der Waals surface area contributed by atoms with E-state index in [4.69, 9.17) is 9.63 Å². The van der Waals surface area contributed by atoms with Crippen LogP contribution in [0.1, 0.15) is 24.6 Å². The van der Waals surface area contributed by atoms with E-state index in [0.717, 1.165) is 5.01 Å². The number of carbonyl (C=O) groups excluding carboxylic acids is 1. The summed E-state index contributed by atoms with van der Waals surface area (Å²) in [5.74, 6) is -0.701. The maximum Gasteiger partial charge on any atom is 0.352 e. The third-order valence-electron chi connectivity index (χ3n) is 2.21. The molecule has 0 radical (unpaired) electrons. The van der Waals surface area contributed by atoms with Gasteiger partial charge in [0.25, 0.3) is 0 Å². The van der Waals surface area contributed by atoms with E-state index >= 15 is 0 Å². The first-order valence-corrected chi connectivity index (χ1v) is 4.96. The van der Waals surface area contributed by atoms with Gasteiger partial charge < -0.3 is 9.63 Å². The molecule has 8 nitrogen and oxygen atoms in total. The molecule has 1 aliphatic rings. The number of aliphatic carboxylic acids is 1. The van der Waals surface area contributed by atoms with E-state index in [1.807, 2.05) is 0 Å². The monoisotopic (exact) mass is 238 g/mol. The quantitative estimate of drug-likeness (QED) is 0.790. The van der Waals surface area contributed by atoms with Crippen molar-refractivity contribution < 1.29 is 19.2 Å². The summed E-state index contributed by atoms with van der Waals surface area (Å²) in [5.41, 5.74) is -0.0409. The van der Waals surface area contributed by atoms with Crippen LogP contribution in [0.25, 0.3) is 0 Å². The van der Waals surface area contributed by atoms with Crippen LogP contribution in [-0.2, 0) is 16.1 Å². The normalized spacial score (nSPS) is 15.9. The summed E-state index contributed by atoms with van der Waals surface area (Å²) in [5, 5.41) is 17.1. The number of aryl methyl sites for hydroxylation is 1. The Labute approximate surface area is 95.9 Å². The fraction of sp³-hybridized carbons (Fsp3) is 0.444. The van der Waals surface area contributed by atoms with Crippen molar-refractivity contribution in [2.45, 2.75) is 26.3 Å². The van der Waals surface area contributed by atoms with Crippen molar-refractivity contribution in [1.82, 2.24) is 15.1 Å². The van der Waals surface area contributed by atoms with Crippen LogP contribution < -0.4 is 0 Å². The molecule has 8 heteroatoms. The minimum absolute atomic E-state index is 0.00352. The van der Waals surface area contributed by atoms with Crippen molar-refractivity contribution in [3.05, 3.63) is 11.7 Å². The van der Waals surface area contributed by atoms with Gasteiger partial charge in [0.15, 0.2) is 5.82 Å². The Kier molecular flexibility index (Phi) is 2.86. The summed E-state index contributed by atoms with van der Waals surface area (Å²) >= 11 is 0. The van der Waals surface area contributed by atoms with Gasteiger partial charge >= 0.3 is 5.97 Å². The van der Waals surface area contributed by atoms with Crippen molar-refractivity contribution in [2.24, 2.45) is 5.10 Å². The third-order valence-corrected chi connectivity index (χ3v) is 2.21. The van der Waals surface area contributed by atoms with E-state index in [-0.39, 0.29) is 36.9 Å². The van der Waals surface area contributed by atoms with Crippen molar-refractivity contribution >= 4 is 17.6 Å². The first-order chi connectivity index (χ1) is 8.06. The zero-order valence-electron chi connectivity index (χ0n) is 9.08. The highest BCUT2D eigenvalue weighted by Crippen LogP contribution is 2.12.